The SMILES string of the molecule is CB(O)N1CC2(C1)C(=O)N(BC=O)C(=O)N2B(C)O. The van der Waals surface area contributed by atoms with Gasteiger partial charge < -0.3 is 29.3 Å². The van der Waals surface area contributed by atoms with Crippen molar-refractivity contribution in [2.45, 2.75) is 19.2 Å². The molecule has 2 rings (SSSR count). The van der Waals surface area contributed by atoms with E-state index in [2.05, 4.69) is 0 Å². The number of urea groups is 1. The Hall–Kier alpha value is -1.32. The zero-order valence-corrected chi connectivity index (χ0v) is 10.8. The first-order valence-electron chi connectivity index (χ1n) is 6.04. The van der Waals surface area contributed by atoms with Crippen LogP contribution in [-0.2, 0) is 9.59 Å². The van der Waals surface area contributed by atoms with E-state index in [1.54, 1.807) is 11.6 Å². The van der Waals surface area contributed by atoms with E-state index in [1.807, 2.05) is 0 Å². The van der Waals surface area contributed by atoms with Crippen LogP contribution in [0.15, 0.2) is 0 Å². The molecular weight excluding hydrogens is 251 g/mol. The molecule has 19 heavy (non-hydrogen) atoms. The largest absolute Gasteiger partial charge is 0.437 e. The van der Waals surface area contributed by atoms with Crippen molar-refractivity contribution in [3.63, 3.8) is 0 Å². The smallest absolute Gasteiger partial charge is 0.414 e. The lowest BCUT2D eigenvalue weighted by molar-refractivity contribution is -0.134. The molecule has 100 valence electrons. The molecule has 0 radical (unpaired) electrons. The third-order valence-corrected chi connectivity index (χ3v) is 3.63. The summed E-state index contributed by atoms with van der Waals surface area (Å²) in [7, 11) is -2.19. The molecule has 0 aromatic heterocycles. The molecule has 2 fully saturated rings. The minimum Gasteiger partial charge on any atom is -0.437 e. The van der Waals surface area contributed by atoms with Crippen LogP contribution in [0.1, 0.15) is 0 Å². The summed E-state index contributed by atoms with van der Waals surface area (Å²) in [5, 5.41) is 19.1. The Labute approximate surface area is 111 Å². The average molecular weight is 265 g/mol. The quantitative estimate of drug-likeness (QED) is 0.320. The van der Waals surface area contributed by atoms with Gasteiger partial charge in [0, 0.05) is 13.1 Å². The zero-order valence-electron chi connectivity index (χ0n) is 10.8. The van der Waals surface area contributed by atoms with Crippen LogP contribution in [-0.4, -0.2) is 82.7 Å². The number of carbonyl (C=O) groups excluding carboxylic acids is 3. The van der Waals surface area contributed by atoms with Gasteiger partial charge in [0.05, 0.1) is 0 Å². The third-order valence-electron chi connectivity index (χ3n) is 3.63. The topological polar surface area (TPSA) is 101 Å². The van der Waals surface area contributed by atoms with Crippen molar-refractivity contribution in [2.75, 3.05) is 13.1 Å². The van der Waals surface area contributed by atoms with Gasteiger partial charge >= 0.3 is 27.5 Å². The number of nitrogens with zero attached hydrogens (tertiary/aromatic N) is 3. The van der Waals surface area contributed by atoms with Crippen LogP contribution in [0, 0.1) is 0 Å². The van der Waals surface area contributed by atoms with Crippen LogP contribution < -0.4 is 0 Å². The maximum Gasteiger partial charge on any atom is 0.414 e. The van der Waals surface area contributed by atoms with Crippen molar-refractivity contribution in [3.8, 4) is 0 Å². The molecule has 0 unspecified atom stereocenters. The van der Waals surface area contributed by atoms with Gasteiger partial charge in [-0.15, -0.1) is 0 Å². The van der Waals surface area contributed by atoms with Crippen LogP contribution in [0.4, 0.5) is 4.79 Å². The highest BCUT2D eigenvalue weighted by molar-refractivity contribution is 6.70. The number of hydrogen-bond acceptors (Lipinski definition) is 6. The number of carbonyl (C=O) groups is 3. The second-order valence-corrected chi connectivity index (χ2v) is 4.94. The summed E-state index contributed by atoms with van der Waals surface area (Å²) < 4.78 is 0. The molecule has 2 aliphatic rings. The second-order valence-electron chi connectivity index (χ2n) is 4.94. The molecular formula is C8H14B3N3O5. The van der Waals surface area contributed by atoms with Crippen molar-refractivity contribution in [2.24, 2.45) is 0 Å². The summed E-state index contributed by atoms with van der Waals surface area (Å²) in [6.45, 7) is 3.25. The fourth-order valence-corrected chi connectivity index (χ4v) is 2.68. The minimum absolute atomic E-state index is 0.148. The molecule has 0 saturated carbocycles. The second kappa shape index (κ2) is 4.66. The molecule has 2 saturated heterocycles. The molecule has 0 aromatic carbocycles. The molecule has 3 amide bonds. The zero-order chi connectivity index (χ0) is 14.4. The number of imide groups is 1. The molecule has 2 heterocycles. The van der Waals surface area contributed by atoms with Crippen LogP contribution in [0.5, 0.6) is 0 Å². The van der Waals surface area contributed by atoms with Gasteiger partial charge in [0.25, 0.3) is 0 Å². The molecule has 1 spiro atoms. The Morgan fingerprint density at radius 1 is 1.26 bits per heavy atom. The first-order chi connectivity index (χ1) is 8.85. The summed E-state index contributed by atoms with van der Waals surface area (Å²) >= 11 is 0. The average Bonchev–Trinajstić information content (AvgIpc) is 2.47. The van der Waals surface area contributed by atoms with Crippen LogP contribution in [0.2, 0.25) is 13.6 Å². The summed E-state index contributed by atoms with van der Waals surface area (Å²) in [6, 6.07) is -0.669. The monoisotopic (exact) mass is 265 g/mol. The molecule has 8 nitrogen and oxygen atoms in total. The number of rotatable bonds is 4. The molecule has 0 bridgehead atoms. The van der Waals surface area contributed by atoms with Gasteiger partial charge in [-0.05, 0) is 13.6 Å². The highest BCUT2D eigenvalue weighted by Gasteiger charge is 2.64. The van der Waals surface area contributed by atoms with Crippen molar-refractivity contribution in [3.05, 3.63) is 0 Å². The van der Waals surface area contributed by atoms with Gasteiger partial charge in [0.1, 0.15) is 11.7 Å². The Kier molecular flexibility index (Phi) is 3.46. The third kappa shape index (κ3) is 1.89. The Balaban J connectivity index is 2.28. The fourth-order valence-electron chi connectivity index (χ4n) is 2.68. The van der Waals surface area contributed by atoms with Gasteiger partial charge in [-0.1, -0.05) is 0 Å². The summed E-state index contributed by atoms with van der Waals surface area (Å²) in [6.07, 6.45) is 0.472. The van der Waals surface area contributed by atoms with Gasteiger partial charge in [-0.3, -0.25) is 9.59 Å². The predicted molar refractivity (Wildman–Crippen MR) is 70.0 cm³/mol. The van der Waals surface area contributed by atoms with Crippen molar-refractivity contribution in [1.29, 1.82) is 0 Å². The van der Waals surface area contributed by atoms with E-state index in [-0.39, 0.29) is 20.5 Å². The van der Waals surface area contributed by atoms with E-state index in [0.29, 0.717) is 6.19 Å². The molecule has 2 aliphatic heterocycles. The Morgan fingerprint density at radius 2 is 1.84 bits per heavy atom. The first-order valence-corrected chi connectivity index (χ1v) is 6.04. The highest BCUT2D eigenvalue weighted by Crippen LogP contribution is 2.36. The van der Waals surface area contributed by atoms with E-state index in [0.717, 1.165) is 9.62 Å². The van der Waals surface area contributed by atoms with Crippen LogP contribution in [0.3, 0.4) is 0 Å². The van der Waals surface area contributed by atoms with Crippen molar-refractivity contribution in [1.82, 2.24) is 14.4 Å². The van der Waals surface area contributed by atoms with E-state index >= 15 is 0 Å². The molecule has 2 N–H and O–H groups in total. The lowest BCUT2D eigenvalue weighted by Crippen LogP contribution is -2.75. The van der Waals surface area contributed by atoms with Crippen molar-refractivity contribution < 1.29 is 24.4 Å². The summed E-state index contributed by atoms with van der Waals surface area (Å²) in [4.78, 5) is 38.4. The lowest BCUT2D eigenvalue weighted by atomic mass is 9.69. The fraction of sp³-hybridized carbons (Fsp3) is 0.625. The summed E-state index contributed by atoms with van der Waals surface area (Å²) in [5.74, 6) is -0.498. The van der Waals surface area contributed by atoms with Crippen LogP contribution >= 0.6 is 0 Å². The van der Waals surface area contributed by atoms with Gasteiger partial charge in [0.2, 0.25) is 5.91 Å². The molecule has 0 aliphatic carbocycles. The Morgan fingerprint density at radius 3 is 2.26 bits per heavy atom. The van der Waals surface area contributed by atoms with E-state index in [9.17, 15) is 24.4 Å². The van der Waals surface area contributed by atoms with Crippen LogP contribution in [0.25, 0.3) is 0 Å². The van der Waals surface area contributed by atoms with E-state index in [1.165, 1.54) is 6.82 Å². The minimum atomic E-state index is -1.16. The van der Waals surface area contributed by atoms with Gasteiger partial charge in [0.15, 0.2) is 0 Å². The van der Waals surface area contributed by atoms with E-state index < -0.39 is 31.6 Å². The number of amides is 3. The van der Waals surface area contributed by atoms with Crippen molar-refractivity contribution >= 4 is 39.6 Å². The lowest BCUT2D eigenvalue weighted by Gasteiger charge is -2.51. The van der Waals surface area contributed by atoms with E-state index in [4.69, 9.17) is 0 Å². The highest BCUT2D eigenvalue weighted by atomic mass is 16.2. The number of hydrogen-bond donors (Lipinski definition) is 2. The van der Waals surface area contributed by atoms with Gasteiger partial charge in [-0.25, -0.2) is 0 Å². The molecule has 0 atom stereocenters. The molecule has 0 aromatic rings. The standard InChI is InChI=1S/C8H14B3N3O5/c1-10(18)12-3-8(4-12)6(16)13(9-5-15)7(17)14(8)11(2)19/h5,9,18-19H,3-4H2,1-2H3. The maximum absolute atomic E-state index is 12.3. The van der Waals surface area contributed by atoms with Gasteiger partial charge in [-0.2, -0.15) is 0 Å². The Bertz CT molecular complexity index is 426. The maximum atomic E-state index is 12.3. The first kappa shape index (κ1) is 14.1. The summed E-state index contributed by atoms with van der Waals surface area (Å²) in [5.41, 5.74) is -1.16. The normalized spacial score (nSPS) is 21.7. The predicted octanol–water partition coefficient (Wildman–Crippen LogP) is -2.93. The molecule has 11 heteroatoms.